The molecule has 0 bridgehead atoms. The van der Waals surface area contributed by atoms with Crippen molar-refractivity contribution in [3.8, 4) is 0 Å². The molecule has 0 heterocycles. The summed E-state index contributed by atoms with van der Waals surface area (Å²) in [5.41, 5.74) is 0. The Labute approximate surface area is 49.3 Å². The average molecular weight is 219 g/mol. The second kappa shape index (κ2) is 1.96. The Hall–Kier alpha value is 1.47. The van der Waals surface area contributed by atoms with Crippen LogP contribution in [0.15, 0.2) is 0 Å². The molecule has 0 aliphatic heterocycles. The molecule has 0 saturated heterocycles. The van der Waals surface area contributed by atoms with Crippen LogP contribution in [-0.2, 0) is 0 Å². The zero-order chi connectivity index (χ0) is 4.50. The van der Waals surface area contributed by atoms with E-state index in [9.17, 15) is 0 Å². The second-order valence-corrected chi connectivity index (χ2v) is 18.8. The van der Waals surface area contributed by atoms with E-state index in [4.69, 9.17) is 0 Å². The Morgan fingerprint density at radius 3 is 1.20 bits per heavy atom. The van der Waals surface area contributed by atoms with Crippen LogP contribution in [0.2, 0.25) is 0 Å². The third-order valence-corrected chi connectivity index (χ3v) is 0. The molecule has 0 nitrogen and oxygen atoms in total. The number of rotatable bonds is 0. The van der Waals surface area contributed by atoms with Gasteiger partial charge in [-0.15, -0.1) is 0 Å². The molecule has 3 heteroatoms. The Morgan fingerprint density at radius 1 is 1.20 bits per heavy atom. The zero-order valence-electron chi connectivity index (χ0n) is 3.26. The summed E-state index contributed by atoms with van der Waals surface area (Å²) in [6, 6.07) is 0. The fourth-order valence-electron chi connectivity index (χ4n) is 0. The summed E-state index contributed by atoms with van der Waals surface area (Å²) in [4.78, 5) is 0. The molecule has 0 atom stereocenters. The summed E-state index contributed by atoms with van der Waals surface area (Å²) in [5.74, 6) is 0. The SMILES string of the molecule is C[P+](C)([Se-])[Se-]. The summed E-state index contributed by atoms with van der Waals surface area (Å²) >= 11 is 6.07. The molecule has 0 saturated carbocycles. The summed E-state index contributed by atoms with van der Waals surface area (Å²) in [6.07, 6.45) is 0. The second-order valence-electron chi connectivity index (χ2n) is 1.25. The van der Waals surface area contributed by atoms with Crippen LogP contribution in [0, 0.1) is 0 Å². The van der Waals surface area contributed by atoms with E-state index < -0.39 is 4.64 Å². The van der Waals surface area contributed by atoms with E-state index in [0.29, 0.717) is 0 Å². The van der Waals surface area contributed by atoms with Crippen molar-refractivity contribution in [3.05, 3.63) is 0 Å². The summed E-state index contributed by atoms with van der Waals surface area (Å²) < 4.78 is -0.639. The standard InChI is InChI=1S/C2H7PSe2/c1-3(2,4)5/h1-2H3,(H,4,5)/p-1. The molecule has 0 fully saturated rings. The van der Waals surface area contributed by atoms with E-state index >= 15 is 0 Å². The third kappa shape index (κ3) is 30.5. The van der Waals surface area contributed by atoms with Crippen molar-refractivity contribution in [1.29, 1.82) is 0 Å². The first kappa shape index (κ1) is 6.47. The van der Waals surface area contributed by atoms with Gasteiger partial charge in [-0.3, -0.25) is 0 Å². The van der Waals surface area contributed by atoms with Gasteiger partial charge < -0.3 is 0 Å². The molecular formula is C2H6PSe2-. The van der Waals surface area contributed by atoms with Crippen LogP contribution in [0.25, 0.3) is 0 Å². The van der Waals surface area contributed by atoms with Gasteiger partial charge in [0.15, 0.2) is 0 Å². The predicted octanol–water partition coefficient (Wildman–Crippen LogP) is 0.431. The van der Waals surface area contributed by atoms with E-state index in [2.05, 4.69) is 44.5 Å². The van der Waals surface area contributed by atoms with Crippen molar-refractivity contribution in [2.75, 3.05) is 13.3 Å². The van der Waals surface area contributed by atoms with Crippen LogP contribution in [0.4, 0.5) is 0 Å². The Balaban J connectivity index is 3.02. The van der Waals surface area contributed by atoms with E-state index in [1.807, 2.05) is 0 Å². The molecule has 0 aromatic rings. The molecule has 0 spiro atoms. The minimum absolute atomic E-state index is 0.639. The molecule has 0 aromatic carbocycles. The molecule has 0 unspecified atom stereocenters. The summed E-state index contributed by atoms with van der Waals surface area (Å²) in [5, 5.41) is 0. The van der Waals surface area contributed by atoms with E-state index in [1.165, 1.54) is 0 Å². The first-order valence-corrected chi connectivity index (χ1v) is 8.38. The van der Waals surface area contributed by atoms with Crippen molar-refractivity contribution >= 4 is 35.8 Å². The van der Waals surface area contributed by atoms with Crippen LogP contribution in [-0.4, -0.2) is 44.5 Å². The van der Waals surface area contributed by atoms with Gasteiger partial charge >= 0.3 is 49.1 Å². The Kier molecular flexibility index (Phi) is 2.53. The maximum atomic E-state index is 3.03. The number of hydrogen-bond donors (Lipinski definition) is 0. The molecular weight excluding hydrogens is 213 g/mol. The monoisotopic (exact) mass is 221 g/mol. The minimum atomic E-state index is -0.639. The van der Waals surface area contributed by atoms with Crippen LogP contribution >= 0.6 is 4.64 Å². The average Bonchev–Trinajstić information content (AvgIpc) is 0.722. The summed E-state index contributed by atoms with van der Waals surface area (Å²) in [6.45, 7) is 4.38. The van der Waals surface area contributed by atoms with Gasteiger partial charge in [-0.05, 0) is 0 Å². The zero-order valence-corrected chi connectivity index (χ0v) is 7.58. The Morgan fingerprint density at radius 2 is 1.20 bits per heavy atom. The summed E-state index contributed by atoms with van der Waals surface area (Å²) in [7, 11) is 0. The van der Waals surface area contributed by atoms with Gasteiger partial charge in [0.2, 0.25) is 0 Å². The van der Waals surface area contributed by atoms with E-state index in [1.54, 1.807) is 0 Å². The molecule has 0 radical (unpaired) electrons. The normalized spacial score (nSPS) is 12.0. The van der Waals surface area contributed by atoms with Gasteiger partial charge in [0, 0.05) is 0 Å². The molecule has 0 amide bonds. The molecule has 0 aliphatic rings. The van der Waals surface area contributed by atoms with Gasteiger partial charge in [0.05, 0.1) is 0 Å². The molecule has 0 aromatic heterocycles. The van der Waals surface area contributed by atoms with Gasteiger partial charge in [0.1, 0.15) is 0 Å². The van der Waals surface area contributed by atoms with Crippen molar-refractivity contribution < 1.29 is 0 Å². The van der Waals surface area contributed by atoms with Crippen LogP contribution in [0.3, 0.4) is 0 Å². The predicted molar refractivity (Wildman–Crippen MR) is 30.3 cm³/mol. The molecule has 0 N–H and O–H groups in total. The van der Waals surface area contributed by atoms with Crippen LogP contribution in [0.1, 0.15) is 0 Å². The number of hydrogen-bond acceptors (Lipinski definition) is 0. The van der Waals surface area contributed by atoms with Crippen molar-refractivity contribution in [2.24, 2.45) is 0 Å². The van der Waals surface area contributed by atoms with Crippen molar-refractivity contribution in [1.82, 2.24) is 0 Å². The Bertz CT molecular complexity index is 23.1. The van der Waals surface area contributed by atoms with Crippen LogP contribution < -0.4 is 0 Å². The van der Waals surface area contributed by atoms with Gasteiger partial charge in [-0.2, -0.15) is 0 Å². The fraction of sp³-hybridized carbons (Fsp3) is 1.00. The van der Waals surface area contributed by atoms with Crippen LogP contribution in [0.5, 0.6) is 0 Å². The van der Waals surface area contributed by atoms with E-state index in [-0.39, 0.29) is 0 Å². The molecule has 5 heavy (non-hydrogen) atoms. The van der Waals surface area contributed by atoms with Gasteiger partial charge in [0.25, 0.3) is 0 Å². The molecule has 0 rings (SSSR count). The molecule has 32 valence electrons. The topological polar surface area (TPSA) is 0 Å². The first-order valence-electron chi connectivity index (χ1n) is 1.26. The fourth-order valence-corrected chi connectivity index (χ4v) is 0. The maximum absolute atomic E-state index is 3.03. The van der Waals surface area contributed by atoms with Crippen molar-refractivity contribution in [2.45, 2.75) is 0 Å². The van der Waals surface area contributed by atoms with Crippen molar-refractivity contribution in [3.63, 3.8) is 0 Å². The van der Waals surface area contributed by atoms with E-state index in [0.717, 1.165) is 0 Å². The third-order valence-electron chi connectivity index (χ3n) is 0. The van der Waals surface area contributed by atoms with Gasteiger partial charge in [-0.1, -0.05) is 0 Å². The van der Waals surface area contributed by atoms with Gasteiger partial charge in [-0.25, -0.2) is 0 Å². The first-order chi connectivity index (χ1) is 2.00. The molecule has 0 aliphatic carbocycles. The quantitative estimate of drug-likeness (QED) is 0.409.